The van der Waals surface area contributed by atoms with Crippen LogP contribution in [0, 0.1) is 0 Å². The van der Waals surface area contributed by atoms with Crippen molar-refractivity contribution in [3.8, 4) is 0 Å². The molecule has 0 atom stereocenters. The molecule has 0 unspecified atom stereocenters. The Bertz CT molecular complexity index is 150. The molecule has 0 aromatic heterocycles. The van der Waals surface area contributed by atoms with Crippen LogP contribution in [0.15, 0.2) is 0 Å². The molecule has 0 rings (SSSR count). The second kappa shape index (κ2) is 8.97. The van der Waals surface area contributed by atoms with Crippen LogP contribution in [0.2, 0.25) is 0 Å². The van der Waals surface area contributed by atoms with E-state index in [-0.39, 0.29) is 5.97 Å². The smallest absolute Gasteiger partial charge is 0.319 e. The zero-order valence-corrected chi connectivity index (χ0v) is 9.41. The highest BCUT2D eigenvalue weighted by Gasteiger charge is 2.08. The van der Waals surface area contributed by atoms with E-state index >= 15 is 0 Å². The first kappa shape index (κ1) is 13.4. The maximum absolute atomic E-state index is 11.0. The molecule has 0 N–H and O–H groups in total. The van der Waals surface area contributed by atoms with Gasteiger partial charge in [0, 0.05) is 20.3 Å². The third-order valence-corrected chi connectivity index (χ3v) is 1.94. The summed E-state index contributed by atoms with van der Waals surface area (Å²) in [6, 6.07) is 0. The molecule has 0 amide bonds. The lowest BCUT2D eigenvalue weighted by Gasteiger charge is -2.19. The van der Waals surface area contributed by atoms with Crippen molar-refractivity contribution >= 4 is 5.97 Å². The Morgan fingerprint density at radius 1 is 1.29 bits per heavy atom. The van der Waals surface area contributed by atoms with E-state index in [4.69, 9.17) is 4.74 Å². The molecular weight excluding hydrogens is 182 g/mol. The summed E-state index contributed by atoms with van der Waals surface area (Å²) in [6.45, 7) is 5.03. The first-order valence-electron chi connectivity index (χ1n) is 5.02. The monoisotopic (exact) mass is 203 g/mol. The van der Waals surface area contributed by atoms with E-state index in [9.17, 15) is 4.79 Å². The van der Waals surface area contributed by atoms with Crippen molar-refractivity contribution in [2.45, 2.75) is 19.8 Å². The molecule has 0 aromatic carbocycles. The fraction of sp³-hybridized carbons (Fsp3) is 0.900. The Kier molecular flexibility index (Phi) is 8.57. The highest BCUT2D eigenvalue weighted by molar-refractivity contribution is 5.71. The Balaban J connectivity index is 3.70. The van der Waals surface area contributed by atoms with Gasteiger partial charge in [0.2, 0.25) is 0 Å². The van der Waals surface area contributed by atoms with Gasteiger partial charge in [0.05, 0.1) is 13.7 Å². The highest BCUT2D eigenvalue weighted by atomic mass is 16.5. The van der Waals surface area contributed by atoms with Crippen molar-refractivity contribution in [1.29, 1.82) is 0 Å². The molecule has 84 valence electrons. The first-order valence-corrected chi connectivity index (χ1v) is 5.02. The zero-order valence-electron chi connectivity index (χ0n) is 9.41. The normalized spacial score (nSPS) is 10.6. The molecular formula is C10H21NO3. The Labute approximate surface area is 86.2 Å². The van der Waals surface area contributed by atoms with Gasteiger partial charge in [-0.25, -0.2) is 0 Å². The molecule has 4 heteroatoms. The minimum Gasteiger partial charge on any atom is -0.468 e. The number of hydrogen-bond donors (Lipinski definition) is 0. The average molecular weight is 203 g/mol. The topological polar surface area (TPSA) is 38.8 Å². The van der Waals surface area contributed by atoms with E-state index in [1.165, 1.54) is 7.11 Å². The van der Waals surface area contributed by atoms with E-state index in [2.05, 4.69) is 16.6 Å². The molecule has 0 bridgehead atoms. The number of carbonyl (C=O) groups excluding carboxylic acids is 1. The summed E-state index contributed by atoms with van der Waals surface area (Å²) >= 11 is 0. The second-order valence-corrected chi connectivity index (χ2v) is 3.20. The summed E-state index contributed by atoms with van der Waals surface area (Å²) in [5, 5.41) is 0. The summed E-state index contributed by atoms with van der Waals surface area (Å²) in [5.41, 5.74) is 0. The minimum absolute atomic E-state index is 0.170. The Hall–Kier alpha value is -0.610. The fourth-order valence-corrected chi connectivity index (χ4v) is 1.27. The van der Waals surface area contributed by atoms with Gasteiger partial charge in [0.25, 0.3) is 0 Å². The van der Waals surface area contributed by atoms with Gasteiger partial charge in [-0.2, -0.15) is 0 Å². The fourth-order valence-electron chi connectivity index (χ4n) is 1.27. The van der Waals surface area contributed by atoms with Gasteiger partial charge < -0.3 is 9.47 Å². The first-order chi connectivity index (χ1) is 6.74. The molecule has 0 radical (unpaired) electrons. The molecule has 0 saturated carbocycles. The Morgan fingerprint density at radius 2 is 2.00 bits per heavy atom. The molecule has 0 aromatic rings. The summed E-state index contributed by atoms with van der Waals surface area (Å²) < 4.78 is 9.58. The average Bonchev–Trinajstić information content (AvgIpc) is 2.18. The third-order valence-electron chi connectivity index (χ3n) is 1.94. The van der Waals surface area contributed by atoms with E-state index in [1.54, 1.807) is 7.11 Å². The molecule has 0 heterocycles. The molecule has 0 spiro atoms. The van der Waals surface area contributed by atoms with Crippen LogP contribution in [0.4, 0.5) is 0 Å². The number of esters is 1. The van der Waals surface area contributed by atoms with Crippen LogP contribution in [-0.4, -0.2) is 51.3 Å². The molecule has 0 aliphatic heterocycles. The van der Waals surface area contributed by atoms with E-state index in [0.717, 1.165) is 32.5 Å². The number of rotatable bonds is 8. The van der Waals surface area contributed by atoms with E-state index < -0.39 is 0 Å². The minimum atomic E-state index is -0.170. The molecule has 0 fully saturated rings. The summed E-state index contributed by atoms with van der Waals surface area (Å²) in [6.07, 6.45) is 2.00. The molecule has 14 heavy (non-hydrogen) atoms. The van der Waals surface area contributed by atoms with Crippen molar-refractivity contribution in [3.63, 3.8) is 0 Å². The van der Waals surface area contributed by atoms with Crippen LogP contribution >= 0.6 is 0 Å². The SMILES string of the molecule is CCCN(CCCOC)CC(=O)OC. The van der Waals surface area contributed by atoms with Crippen LogP contribution in [0.3, 0.4) is 0 Å². The molecule has 0 aliphatic rings. The molecule has 4 nitrogen and oxygen atoms in total. The maximum atomic E-state index is 11.0. The Morgan fingerprint density at radius 3 is 2.50 bits per heavy atom. The number of nitrogens with zero attached hydrogens (tertiary/aromatic N) is 1. The van der Waals surface area contributed by atoms with Crippen LogP contribution in [-0.2, 0) is 14.3 Å². The number of ether oxygens (including phenoxy) is 2. The van der Waals surface area contributed by atoms with Crippen molar-refractivity contribution in [1.82, 2.24) is 4.90 Å². The summed E-state index contributed by atoms with van der Waals surface area (Å²) in [7, 11) is 3.10. The van der Waals surface area contributed by atoms with Gasteiger partial charge >= 0.3 is 5.97 Å². The lowest BCUT2D eigenvalue weighted by molar-refractivity contribution is -0.142. The van der Waals surface area contributed by atoms with Gasteiger partial charge in [-0.05, 0) is 19.4 Å². The largest absolute Gasteiger partial charge is 0.468 e. The standard InChI is InChI=1S/C10H21NO3/c1-4-6-11(7-5-8-13-2)9-10(12)14-3/h4-9H2,1-3H3. The van der Waals surface area contributed by atoms with Gasteiger partial charge in [-0.1, -0.05) is 6.92 Å². The third kappa shape index (κ3) is 6.86. The van der Waals surface area contributed by atoms with E-state index in [0.29, 0.717) is 6.54 Å². The quantitative estimate of drug-likeness (QED) is 0.434. The summed E-state index contributed by atoms with van der Waals surface area (Å²) in [5.74, 6) is -0.170. The number of carbonyl (C=O) groups is 1. The second-order valence-electron chi connectivity index (χ2n) is 3.20. The lowest BCUT2D eigenvalue weighted by Crippen LogP contribution is -2.32. The highest BCUT2D eigenvalue weighted by Crippen LogP contribution is 1.95. The van der Waals surface area contributed by atoms with Crippen molar-refractivity contribution in [2.24, 2.45) is 0 Å². The van der Waals surface area contributed by atoms with Crippen LogP contribution in [0.1, 0.15) is 19.8 Å². The molecule has 0 aliphatic carbocycles. The lowest BCUT2D eigenvalue weighted by atomic mass is 10.3. The number of hydrogen-bond acceptors (Lipinski definition) is 4. The zero-order chi connectivity index (χ0) is 10.8. The van der Waals surface area contributed by atoms with Crippen LogP contribution in [0.5, 0.6) is 0 Å². The molecule has 0 saturated heterocycles. The maximum Gasteiger partial charge on any atom is 0.319 e. The van der Waals surface area contributed by atoms with Crippen LogP contribution < -0.4 is 0 Å². The van der Waals surface area contributed by atoms with E-state index in [1.807, 2.05) is 0 Å². The van der Waals surface area contributed by atoms with Gasteiger partial charge in [-0.15, -0.1) is 0 Å². The van der Waals surface area contributed by atoms with Crippen molar-refractivity contribution < 1.29 is 14.3 Å². The predicted molar refractivity (Wildman–Crippen MR) is 55.2 cm³/mol. The van der Waals surface area contributed by atoms with Gasteiger partial charge in [-0.3, -0.25) is 9.69 Å². The van der Waals surface area contributed by atoms with Gasteiger partial charge in [0.1, 0.15) is 0 Å². The van der Waals surface area contributed by atoms with Crippen molar-refractivity contribution in [3.05, 3.63) is 0 Å². The van der Waals surface area contributed by atoms with Gasteiger partial charge in [0.15, 0.2) is 0 Å². The van der Waals surface area contributed by atoms with Crippen molar-refractivity contribution in [2.75, 3.05) is 40.5 Å². The predicted octanol–water partition coefficient (Wildman–Crippen LogP) is 0.908. The van der Waals surface area contributed by atoms with Crippen LogP contribution in [0.25, 0.3) is 0 Å². The summed E-state index contributed by atoms with van der Waals surface area (Å²) in [4.78, 5) is 13.1. The number of methoxy groups -OCH3 is 2.